The van der Waals surface area contributed by atoms with Crippen molar-refractivity contribution < 1.29 is 22.7 Å². The molecule has 0 radical (unpaired) electrons. The van der Waals surface area contributed by atoms with Gasteiger partial charge in [0.25, 0.3) is 5.91 Å². The van der Waals surface area contributed by atoms with E-state index < -0.39 is 24.0 Å². The number of anilines is 1. The SMILES string of the molecule is NC(=O)c1ccc(OC(F)(F)F)nc1N. The van der Waals surface area contributed by atoms with Crippen LogP contribution in [0.25, 0.3) is 0 Å². The number of ether oxygens (including phenoxy) is 1. The molecular formula is C7H6F3N3O2. The third-order valence-electron chi connectivity index (χ3n) is 1.38. The number of rotatable bonds is 2. The number of halogens is 3. The van der Waals surface area contributed by atoms with Gasteiger partial charge in [-0.25, -0.2) is 0 Å². The summed E-state index contributed by atoms with van der Waals surface area (Å²) in [5, 5.41) is 0. The summed E-state index contributed by atoms with van der Waals surface area (Å²) in [6, 6.07) is 1.86. The average molecular weight is 221 g/mol. The van der Waals surface area contributed by atoms with Gasteiger partial charge in [-0.1, -0.05) is 0 Å². The molecule has 0 fully saturated rings. The number of amides is 1. The largest absolute Gasteiger partial charge is 0.574 e. The van der Waals surface area contributed by atoms with E-state index in [1.54, 1.807) is 0 Å². The van der Waals surface area contributed by atoms with Crippen LogP contribution in [0.1, 0.15) is 10.4 Å². The fourth-order valence-corrected chi connectivity index (χ4v) is 0.840. The molecule has 0 bridgehead atoms. The molecule has 1 aromatic heterocycles. The molecule has 1 amide bonds. The van der Waals surface area contributed by atoms with E-state index in [0.717, 1.165) is 12.1 Å². The number of pyridine rings is 1. The Morgan fingerprint density at radius 2 is 2.00 bits per heavy atom. The Bertz CT molecular complexity index is 392. The molecule has 0 atom stereocenters. The van der Waals surface area contributed by atoms with Gasteiger partial charge in [0.1, 0.15) is 5.82 Å². The highest BCUT2D eigenvalue weighted by molar-refractivity contribution is 5.97. The predicted molar refractivity (Wildman–Crippen MR) is 43.9 cm³/mol. The van der Waals surface area contributed by atoms with Gasteiger partial charge in [-0.2, -0.15) is 4.98 Å². The third kappa shape index (κ3) is 3.01. The standard InChI is InChI=1S/C7H6F3N3O2/c8-7(9,10)15-4-2-1-3(6(12)14)5(11)13-4/h1-2H,(H2,11,13)(H2,12,14). The second kappa shape index (κ2) is 3.64. The van der Waals surface area contributed by atoms with E-state index in [1.807, 2.05) is 0 Å². The van der Waals surface area contributed by atoms with Crippen LogP contribution in [0.15, 0.2) is 12.1 Å². The van der Waals surface area contributed by atoms with Crippen LogP contribution in [-0.4, -0.2) is 17.3 Å². The molecule has 1 rings (SSSR count). The Morgan fingerprint density at radius 3 is 2.40 bits per heavy atom. The maximum Gasteiger partial charge on any atom is 0.574 e. The van der Waals surface area contributed by atoms with E-state index >= 15 is 0 Å². The quantitative estimate of drug-likeness (QED) is 0.767. The number of nitrogens with two attached hydrogens (primary N) is 2. The molecule has 0 aliphatic heterocycles. The number of hydrogen-bond acceptors (Lipinski definition) is 4. The number of carbonyl (C=O) groups excluding carboxylic acids is 1. The minimum atomic E-state index is -4.85. The molecular weight excluding hydrogens is 215 g/mol. The second-order valence-corrected chi connectivity index (χ2v) is 2.49. The van der Waals surface area contributed by atoms with Crippen LogP contribution in [0.4, 0.5) is 19.0 Å². The van der Waals surface area contributed by atoms with Gasteiger partial charge in [0, 0.05) is 6.07 Å². The Balaban J connectivity index is 2.97. The topological polar surface area (TPSA) is 91.2 Å². The molecule has 0 saturated carbocycles. The van der Waals surface area contributed by atoms with Gasteiger partial charge < -0.3 is 16.2 Å². The molecule has 0 spiro atoms. The summed E-state index contributed by atoms with van der Waals surface area (Å²) in [6.45, 7) is 0. The zero-order valence-corrected chi connectivity index (χ0v) is 7.21. The Hall–Kier alpha value is -1.99. The van der Waals surface area contributed by atoms with E-state index in [-0.39, 0.29) is 5.56 Å². The molecule has 0 aliphatic rings. The Kier molecular flexibility index (Phi) is 2.69. The first-order chi connectivity index (χ1) is 6.79. The molecule has 0 saturated heterocycles. The van der Waals surface area contributed by atoms with E-state index in [0.29, 0.717) is 0 Å². The van der Waals surface area contributed by atoms with Crippen LogP contribution in [-0.2, 0) is 0 Å². The van der Waals surface area contributed by atoms with Gasteiger partial charge in [-0.15, -0.1) is 13.2 Å². The zero-order valence-electron chi connectivity index (χ0n) is 7.21. The molecule has 4 N–H and O–H groups in total. The lowest BCUT2D eigenvalue weighted by Crippen LogP contribution is -2.19. The lowest BCUT2D eigenvalue weighted by molar-refractivity contribution is -0.276. The summed E-state index contributed by atoms with van der Waals surface area (Å²) in [6.07, 6.45) is -4.85. The van der Waals surface area contributed by atoms with Gasteiger partial charge in [0.15, 0.2) is 0 Å². The summed E-state index contributed by atoms with van der Waals surface area (Å²) in [5.74, 6) is -2.03. The van der Waals surface area contributed by atoms with Crippen molar-refractivity contribution in [2.45, 2.75) is 6.36 Å². The average Bonchev–Trinajstić information content (AvgIpc) is 1.99. The van der Waals surface area contributed by atoms with E-state index in [9.17, 15) is 18.0 Å². The highest BCUT2D eigenvalue weighted by Gasteiger charge is 2.32. The van der Waals surface area contributed by atoms with Crippen molar-refractivity contribution in [2.75, 3.05) is 5.73 Å². The number of carbonyl (C=O) groups is 1. The van der Waals surface area contributed by atoms with Gasteiger partial charge in [-0.3, -0.25) is 4.79 Å². The van der Waals surface area contributed by atoms with Crippen LogP contribution in [0.2, 0.25) is 0 Å². The molecule has 82 valence electrons. The van der Waals surface area contributed by atoms with E-state index in [4.69, 9.17) is 11.5 Å². The molecule has 1 aromatic rings. The van der Waals surface area contributed by atoms with Crippen molar-refractivity contribution in [3.8, 4) is 5.88 Å². The number of nitrogens with zero attached hydrogens (tertiary/aromatic N) is 1. The van der Waals surface area contributed by atoms with E-state index in [1.165, 1.54) is 0 Å². The van der Waals surface area contributed by atoms with Crippen molar-refractivity contribution >= 4 is 11.7 Å². The van der Waals surface area contributed by atoms with Gasteiger partial charge in [0.05, 0.1) is 5.56 Å². The molecule has 15 heavy (non-hydrogen) atoms. The minimum Gasteiger partial charge on any atom is -0.388 e. The molecule has 1 heterocycles. The van der Waals surface area contributed by atoms with Crippen LogP contribution < -0.4 is 16.2 Å². The summed E-state index contributed by atoms with van der Waals surface area (Å²) in [4.78, 5) is 13.9. The Morgan fingerprint density at radius 1 is 1.40 bits per heavy atom. The number of aromatic nitrogens is 1. The lowest BCUT2D eigenvalue weighted by atomic mass is 10.2. The zero-order chi connectivity index (χ0) is 11.6. The minimum absolute atomic E-state index is 0.162. The highest BCUT2D eigenvalue weighted by Crippen LogP contribution is 2.22. The smallest absolute Gasteiger partial charge is 0.388 e. The van der Waals surface area contributed by atoms with E-state index in [2.05, 4.69) is 9.72 Å². The molecule has 0 aromatic carbocycles. The van der Waals surface area contributed by atoms with Crippen molar-refractivity contribution in [1.82, 2.24) is 4.98 Å². The van der Waals surface area contributed by atoms with Crippen LogP contribution in [0, 0.1) is 0 Å². The number of hydrogen-bond donors (Lipinski definition) is 2. The predicted octanol–water partition coefficient (Wildman–Crippen LogP) is 0.661. The van der Waals surface area contributed by atoms with Gasteiger partial charge >= 0.3 is 6.36 Å². The molecule has 0 aliphatic carbocycles. The first kappa shape index (κ1) is 11.1. The van der Waals surface area contributed by atoms with Gasteiger partial charge in [-0.05, 0) is 6.07 Å². The van der Waals surface area contributed by atoms with Crippen LogP contribution in [0.5, 0.6) is 5.88 Å². The summed E-state index contributed by atoms with van der Waals surface area (Å²) in [5.41, 5.74) is 9.89. The van der Waals surface area contributed by atoms with Gasteiger partial charge in [0.2, 0.25) is 5.88 Å². The number of primary amides is 1. The third-order valence-corrected chi connectivity index (χ3v) is 1.38. The fourth-order valence-electron chi connectivity index (χ4n) is 0.840. The van der Waals surface area contributed by atoms with Crippen molar-refractivity contribution in [3.05, 3.63) is 17.7 Å². The monoisotopic (exact) mass is 221 g/mol. The van der Waals surface area contributed by atoms with Crippen LogP contribution >= 0.6 is 0 Å². The first-order valence-corrected chi connectivity index (χ1v) is 3.61. The maximum absolute atomic E-state index is 11.7. The first-order valence-electron chi connectivity index (χ1n) is 3.61. The normalized spacial score (nSPS) is 11.1. The molecule has 8 heteroatoms. The van der Waals surface area contributed by atoms with Crippen LogP contribution in [0.3, 0.4) is 0 Å². The van der Waals surface area contributed by atoms with Crippen molar-refractivity contribution in [3.63, 3.8) is 0 Å². The summed E-state index contributed by atoms with van der Waals surface area (Å²) < 4.78 is 38.7. The lowest BCUT2D eigenvalue weighted by Gasteiger charge is -2.08. The number of nitrogen functional groups attached to an aromatic ring is 1. The second-order valence-electron chi connectivity index (χ2n) is 2.49. The summed E-state index contributed by atoms with van der Waals surface area (Å²) in [7, 11) is 0. The van der Waals surface area contributed by atoms with Crippen molar-refractivity contribution in [1.29, 1.82) is 0 Å². The Labute approximate surface area is 81.8 Å². The highest BCUT2D eigenvalue weighted by atomic mass is 19.4. The molecule has 0 unspecified atom stereocenters. The molecule has 5 nitrogen and oxygen atoms in total. The summed E-state index contributed by atoms with van der Waals surface area (Å²) >= 11 is 0. The number of alkyl halides is 3. The maximum atomic E-state index is 11.7. The van der Waals surface area contributed by atoms with Crippen molar-refractivity contribution in [2.24, 2.45) is 5.73 Å². The fraction of sp³-hybridized carbons (Fsp3) is 0.143.